The Morgan fingerprint density at radius 3 is 2.51 bits per heavy atom. The predicted molar refractivity (Wildman–Crippen MR) is 141 cm³/mol. The van der Waals surface area contributed by atoms with Crippen LogP contribution in [-0.4, -0.2) is 36.1 Å². The van der Waals surface area contributed by atoms with Crippen LogP contribution in [0.2, 0.25) is 10.0 Å². The maximum atomic E-state index is 8.12. The molecule has 178 valence electrons. The van der Waals surface area contributed by atoms with Crippen molar-refractivity contribution in [1.82, 2.24) is 24.7 Å². The van der Waals surface area contributed by atoms with Crippen LogP contribution in [-0.2, 0) is 9.59 Å². The lowest BCUT2D eigenvalue weighted by atomic mass is 10.2. The molecule has 7 nitrogen and oxygen atoms in total. The lowest BCUT2D eigenvalue weighted by Gasteiger charge is -2.05. The number of H-pyrrole nitrogens is 1. The summed E-state index contributed by atoms with van der Waals surface area (Å²) in [7, 11) is 0. The van der Waals surface area contributed by atoms with Crippen molar-refractivity contribution in [1.29, 1.82) is 0 Å². The van der Waals surface area contributed by atoms with Gasteiger partial charge in [0.1, 0.15) is 5.82 Å². The van der Waals surface area contributed by atoms with Gasteiger partial charge in [-0.05, 0) is 31.2 Å². The van der Waals surface area contributed by atoms with E-state index in [4.69, 9.17) is 47.9 Å². The van der Waals surface area contributed by atoms with E-state index in [1.54, 1.807) is 29.2 Å². The zero-order chi connectivity index (χ0) is 25.1. The third-order valence-electron chi connectivity index (χ3n) is 4.86. The fraction of sp³-hybridized carbons (Fsp3) is 0.167. The van der Waals surface area contributed by atoms with Crippen molar-refractivity contribution in [2.24, 2.45) is 0 Å². The van der Waals surface area contributed by atoms with Gasteiger partial charge in [-0.15, -0.1) is 11.8 Å². The molecule has 5 rings (SSSR count). The van der Waals surface area contributed by atoms with E-state index in [-0.39, 0.29) is 6.15 Å². The molecule has 0 bridgehead atoms. The molecule has 11 heteroatoms. The number of rotatable bonds is 5. The Balaban J connectivity index is 0.000000917. The van der Waals surface area contributed by atoms with Gasteiger partial charge in [-0.3, -0.25) is 0 Å². The van der Waals surface area contributed by atoms with Crippen LogP contribution in [0.1, 0.15) is 19.5 Å². The van der Waals surface area contributed by atoms with E-state index in [0.717, 1.165) is 48.7 Å². The number of fused-ring (bicyclic) bond motifs is 1. The first kappa shape index (κ1) is 25.2. The van der Waals surface area contributed by atoms with Gasteiger partial charge in [0.15, 0.2) is 0 Å². The average molecular weight is 544 g/mol. The number of aromatic amines is 1. The van der Waals surface area contributed by atoms with E-state index in [0.29, 0.717) is 15.3 Å². The van der Waals surface area contributed by atoms with E-state index in [9.17, 15) is 0 Å². The van der Waals surface area contributed by atoms with Gasteiger partial charge in [-0.2, -0.15) is 14.7 Å². The Kier molecular flexibility index (Phi) is 7.74. The number of carbonyl (C=O) groups excluding carboxylic acids is 2. The molecule has 0 saturated carbocycles. The normalized spacial score (nSPS) is 10.9. The second-order valence-electron chi connectivity index (χ2n) is 7.69. The fourth-order valence-electron chi connectivity index (χ4n) is 3.38. The van der Waals surface area contributed by atoms with Crippen molar-refractivity contribution in [3.8, 4) is 27.8 Å². The van der Waals surface area contributed by atoms with Gasteiger partial charge in [0.25, 0.3) is 0 Å². The molecule has 5 aromatic rings. The molecule has 0 spiro atoms. The number of hydrogen-bond acceptors (Lipinski definition) is 7. The van der Waals surface area contributed by atoms with Crippen LogP contribution >= 0.6 is 46.3 Å². The topological polar surface area (TPSA) is 93.5 Å². The van der Waals surface area contributed by atoms with Crippen molar-refractivity contribution < 1.29 is 9.59 Å². The second kappa shape index (κ2) is 10.8. The summed E-state index contributed by atoms with van der Waals surface area (Å²) in [4.78, 5) is 29.3. The Hall–Kier alpha value is -2.94. The number of aromatic nitrogens is 5. The highest BCUT2D eigenvalue weighted by Gasteiger charge is 2.19. The smallest absolute Gasteiger partial charge is 0.338 e. The number of thioether (sulfide) groups is 1. The first-order valence-corrected chi connectivity index (χ1v) is 12.9. The van der Waals surface area contributed by atoms with E-state index < -0.39 is 0 Å². The summed E-state index contributed by atoms with van der Waals surface area (Å²) in [6.07, 6.45) is 2.23. The van der Waals surface area contributed by atoms with E-state index in [2.05, 4.69) is 18.8 Å². The number of nitrogens with zero attached hydrogens (tertiary/aromatic N) is 4. The number of imidazole rings is 1. The highest BCUT2D eigenvalue weighted by atomic mass is 35.5. The summed E-state index contributed by atoms with van der Waals surface area (Å²) in [5.41, 5.74) is 5.59. The molecule has 0 atom stereocenters. The summed E-state index contributed by atoms with van der Waals surface area (Å²) in [5.74, 6) is 0.799. The standard InChI is InChI=1S/C23H19Cl2N5S2.CO2/c1-12(2)31-22-20(14-8-9-16(24)17(25)10-14)28-23(32-22)30-11-15(13(3)29-30)21-26-18-6-4-5-7-19(18)27-21;2-1-3/h4-12H,1-3H3,(H,26,27);. The Morgan fingerprint density at radius 2 is 1.83 bits per heavy atom. The summed E-state index contributed by atoms with van der Waals surface area (Å²) < 4.78 is 2.94. The summed E-state index contributed by atoms with van der Waals surface area (Å²) in [5, 5.41) is 6.98. The van der Waals surface area contributed by atoms with Gasteiger partial charge in [0.2, 0.25) is 5.13 Å². The largest absolute Gasteiger partial charge is 0.373 e. The van der Waals surface area contributed by atoms with Crippen molar-refractivity contribution in [3.05, 3.63) is 64.4 Å². The van der Waals surface area contributed by atoms with Gasteiger partial charge in [0.05, 0.1) is 42.2 Å². The van der Waals surface area contributed by atoms with E-state index >= 15 is 0 Å². The molecule has 0 radical (unpaired) electrons. The minimum Gasteiger partial charge on any atom is -0.338 e. The Labute approximate surface area is 219 Å². The fourth-order valence-corrected chi connectivity index (χ4v) is 6.13. The molecule has 0 amide bonds. The Morgan fingerprint density at radius 1 is 1.09 bits per heavy atom. The van der Waals surface area contributed by atoms with Crippen LogP contribution in [0, 0.1) is 6.92 Å². The third kappa shape index (κ3) is 5.50. The number of para-hydroxylation sites is 2. The minimum atomic E-state index is 0.250. The van der Waals surface area contributed by atoms with Crippen LogP contribution in [0.5, 0.6) is 0 Å². The van der Waals surface area contributed by atoms with Gasteiger partial charge in [0, 0.05) is 17.0 Å². The van der Waals surface area contributed by atoms with Gasteiger partial charge in [-0.1, -0.05) is 66.6 Å². The van der Waals surface area contributed by atoms with Crippen LogP contribution in [0.25, 0.3) is 38.8 Å². The van der Waals surface area contributed by atoms with Gasteiger partial charge in [-0.25, -0.2) is 14.6 Å². The second-order valence-corrected chi connectivity index (χ2v) is 11.3. The molecular formula is C24H19Cl2N5O2S2. The first-order chi connectivity index (χ1) is 16.8. The zero-order valence-corrected chi connectivity index (χ0v) is 22.0. The average Bonchev–Trinajstić information content (AvgIpc) is 3.52. The minimum absolute atomic E-state index is 0.250. The van der Waals surface area contributed by atoms with Crippen molar-refractivity contribution >= 4 is 63.5 Å². The maximum Gasteiger partial charge on any atom is 0.373 e. The number of benzene rings is 2. The van der Waals surface area contributed by atoms with Crippen molar-refractivity contribution in [3.63, 3.8) is 0 Å². The van der Waals surface area contributed by atoms with E-state index in [1.807, 2.05) is 54.2 Å². The van der Waals surface area contributed by atoms with Crippen LogP contribution in [0.3, 0.4) is 0 Å². The molecule has 0 unspecified atom stereocenters. The summed E-state index contributed by atoms with van der Waals surface area (Å²) in [6, 6.07) is 13.6. The quantitative estimate of drug-likeness (QED) is 0.238. The van der Waals surface area contributed by atoms with Crippen molar-refractivity contribution in [2.45, 2.75) is 30.2 Å². The number of halogens is 2. The third-order valence-corrected chi connectivity index (χ3v) is 7.86. The molecular weight excluding hydrogens is 525 g/mol. The molecule has 0 fully saturated rings. The molecule has 3 aromatic heterocycles. The summed E-state index contributed by atoms with van der Waals surface area (Å²) in [6.45, 7) is 6.32. The zero-order valence-electron chi connectivity index (χ0n) is 18.9. The predicted octanol–water partition coefficient (Wildman–Crippen LogP) is 7.07. The van der Waals surface area contributed by atoms with Crippen LogP contribution < -0.4 is 0 Å². The highest BCUT2D eigenvalue weighted by Crippen LogP contribution is 2.41. The number of aryl methyl sites for hydroxylation is 1. The number of hydrogen-bond donors (Lipinski definition) is 1. The summed E-state index contributed by atoms with van der Waals surface area (Å²) >= 11 is 15.8. The molecule has 0 aliphatic carbocycles. The van der Waals surface area contributed by atoms with Crippen LogP contribution in [0.4, 0.5) is 0 Å². The van der Waals surface area contributed by atoms with Crippen LogP contribution in [0.15, 0.2) is 52.9 Å². The lowest BCUT2D eigenvalue weighted by Crippen LogP contribution is -1.94. The highest BCUT2D eigenvalue weighted by molar-refractivity contribution is 8.01. The van der Waals surface area contributed by atoms with Gasteiger partial charge < -0.3 is 4.98 Å². The molecule has 3 heterocycles. The number of thiazole rings is 1. The van der Waals surface area contributed by atoms with Crippen molar-refractivity contribution in [2.75, 3.05) is 0 Å². The Bertz CT molecular complexity index is 1500. The number of nitrogens with one attached hydrogen (secondary N) is 1. The molecule has 2 aromatic carbocycles. The molecule has 0 aliphatic rings. The SMILES string of the molecule is Cc1nn(-c2nc(-c3ccc(Cl)c(Cl)c3)c(SC(C)C)s2)cc1-c1nc2ccccc2[nH]1.O=C=O. The molecule has 0 saturated heterocycles. The monoisotopic (exact) mass is 543 g/mol. The molecule has 1 N–H and O–H groups in total. The molecule has 35 heavy (non-hydrogen) atoms. The maximum absolute atomic E-state index is 8.12. The first-order valence-electron chi connectivity index (χ1n) is 10.4. The van der Waals surface area contributed by atoms with E-state index in [1.165, 1.54) is 0 Å². The lowest BCUT2D eigenvalue weighted by molar-refractivity contribution is -0.191. The molecule has 0 aliphatic heterocycles. The van der Waals surface area contributed by atoms with Gasteiger partial charge >= 0.3 is 6.15 Å².